The molecule has 0 bridgehead atoms. The number of H-pyrrole nitrogens is 1. The van der Waals surface area contributed by atoms with Crippen molar-refractivity contribution >= 4 is 11.0 Å². The number of likely N-dealkylation sites (tertiary alicyclic amines) is 1. The molecule has 26 heavy (non-hydrogen) atoms. The van der Waals surface area contributed by atoms with Crippen LogP contribution in [0, 0.1) is 5.82 Å². The van der Waals surface area contributed by atoms with Gasteiger partial charge in [0.25, 0.3) is 0 Å². The number of imidazole rings is 1. The molecule has 2 aromatic carbocycles. The quantitative estimate of drug-likeness (QED) is 0.763. The highest BCUT2D eigenvalue weighted by Gasteiger charge is 2.33. The summed E-state index contributed by atoms with van der Waals surface area (Å²) in [5, 5.41) is 0. The molecule has 0 spiro atoms. The van der Waals surface area contributed by atoms with Crippen LogP contribution in [0.3, 0.4) is 0 Å². The Morgan fingerprint density at radius 3 is 2.65 bits per heavy atom. The van der Waals surface area contributed by atoms with E-state index in [9.17, 15) is 9.18 Å². The zero-order valence-corrected chi connectivity index (χ0v) is 14.6. The number of halogens is 1. The Balaban J connectivity index is 1.37. The van der Waals surface area contributed by atoms with Crippen molar-refractivity contribution in [1.82, 2.24) is 14.5 Å². The number of benzene rings is 2. The van der Waals surface area contributed by atoms with Crippen molar-refractivity contribution in [3.8, 4) is 0 Å². The first-order valence-corrected chi connectivity index (χ1v) is 9.43. The Morgan fingerprint density at radius 2 is 1.81 bits per heavy atom. The lowest BCUT2D eigenvalue weighted by atomic mass is 10.00. The SMILES string of the molecule is O=c1[nH]c2ccccc2n1C1CCN(C2CCc3c(F)cccc32)CC1. The average molecular weight is 351 g/mol. The third-order valence-electron chi connectivity index (χ3n) is 6.11. The van der Waals surface area contributed by atoms with Crippen LogP contribution in [0.5, 0.6) is 0 Å². The molecule has 1 N–H and O–H groups in total. The monoisotopic (exact) mass is 351 g/mol. The minimum Gasteiger partial charge on any atom is -0.306 e. The number of aromatic nitrogens is 2. The lowest BCUT2D eigenvalue weighted by molar-refractivity contribution is 0.134. The molecule has 5 rings (SSSR count). The van der Waals surface area contributed by atoms with Gasteiger partial charge in [-0.2, -0.15) is 0 Å². The molecule has 0 amide bonds. The summed E-state index contributed by atoms with van der Waals surface area (Å²) >= 11 is 0. The van der Waals surface area contributed by atoms with Gasteiger partial charge in [-0.05, 0) is 55.0 Å². The number of hydrogen-bond donors (Lipinski definition) is 1. The van der Waals surface area contributed by atoms with Crippen LogP contribution in [-0.2, 0) is 6.42 Å². The van der Waals surface area contributed by atoms with E-state index in [2.05, 4.69) is 16.0 Å². The second-order valence-electron chi connectivity index (χ2n) is 7.45. The van der Waals surface area contributed by atoms with Gasteiger partial charge in [0.05, 0.1) is 11.0 Å². The summed E-state index contributed by atoms with van der Waals surface area (Å²) in [4.78, 5) is 17.9. The lowest BCUT2D eigenvalue weighted by Gasteiger charge is -2.36. The fourth-order valence-electron chi connectivity index (χ4n) is 4.86. The van der Waals surface area contributed by atoms with Crippen LogP contribution >= 0.6 is 0 Å². The summed E-state index contributed by atoms with van der Waals surface area (Å²) in [6.07, 6.45) is 3.72. The molecule has 5 heteroatoms. The lowest BCUT2D eigenvalue weighted by Crippen LogP contribution is -2.38. The van der Waals surface area contributed by atoms with Gasteiger partial charge in [-0.1, -0.05) is 24.3 Å². The molecular formula is C21H22FN3O. The summed E-state index contributed by atoms with van der Waals surface area (Å²) < 4.78 is 15.9. The van der Waals surface area contributed by atoms with Crippen LogP contribution < -0.4 is 5.69 Å². The molecule has 1 fully saturated rings. The van der Waals surface area contributed by atoms with Gasteiger partial charge in [0.15, 0.2) is 0 Å². The van der Waals surface area contributed by atoms with E-state index in [1.807, 2.05) is 34.9 Å². The van der Waals surface area contributed by atoms with Gasteiger partial charge in [-0.3, -0.25) is 9.47 Å². The Labute approximate surface area is 151 Å². The van der Waals surface area contributed by atoms with E-state index in [0.29, 0.717) is 6.04 Å². The minimum absolute atomic E-state index is 0.0158. The van der Waals surface area contributed by atoms with Gasteiger partial charge < -0.3 is 4.98 Å². The van der Waals surface area contributed by atoms with Gasteiger partial charge >= 0.3 is 5.69 Å². The Hall–Kier alpha value is -2.40. The molecule has 2 aliphatic rings. The molecule has 134 valence electrons. The summed E-state index contributed by atoms with van der Waals surface area (Å²) in [6, 6.07) is 13.9. The molecule has 1 aliphatic heterocycles. The van der Waals surface area contributed by atoms with Crippen molar-refractivity contribution in [2.24, 2.45) is 0 Å². The number of rotatable bonds is 2. The first kappa shape index (κ1) is 15.8. The third kappa shape index (κ3) is 2.42. The highest BCUT2D eigenvalue weighted by atomic mass is 19.1. The van der Waals surface area contributed by atoms with E-state index >= 15 is 0 Å². The zero-order valence-electron chi connectivity index (χ0n) is 14.6. The van der Waals surface area contributed by atoms with Gasteiger partial charge in [0, 0.05) is 25.2 Å². The zero-order chi connectivity index (χ0) is 17.7. The highest BCUT2D eigenvalue weighted by molar-refractivity contribution is 5.75. The highest BCUT2D eigenvalue weighted by Crippen LogP contribution is 2.39. The Kier molecular flexibility index (Phi) is 3.71. The van der Waals surface area contributed by atoms with Gasteiger partial charge in [-0.15, -0.1) is 0 Å². The number of fused-ring (bicyclic) bond motifs is 2. The van der Waals surface area contributed by atoms with Crippen LogP contribution in [0.2, 0.25) is 0 Å². The van der Waals surface area contributed by atoms with Crippen molar-refractivity contribution in [1.29, 1.82) is 0 Å². The van der Waals surface area contributed by atoms with Gasteiger partial charge in [-0.25, -0.2) is 9.18 Å². The van der Waals surface area contributed by atoms with Crippen LogP contribution in [0.1, 0.15) is 42.5 Å². The summed E-state index contributed by atoms with van der Waals surface area (Å²) in [5.74, 6) is -0.0646. The molecule has 1 aromatic heterocycles. The Bertz CT molecular complexity index is 1010. The third-order valence-corrected chi connectivity index (χ3v) is 6.11. The standard InChI is InChI=1S/C21H22FN3O/c22-17-5-3-4-16-15(17)8-9-19(16)24-12-10-14(11-13-24)25-20-7-2-1-6-18(20)23-21(25)26/h1-7,14,19H,8-13H2,(H,23,26). The molecule has 4 nitrogen and oxygen atoms in total. The van der Waals surface area contributed by atoms with Crippen molar-refractivity contribution < 1.29 is 4.39 Å². The molecule has 2 heterocycles. The molecular weight excluding hydrogens is 329 g/mol. The average Bonchev–Trinajstić information content (AvgIpc) is 3.23. The molecule has 1 unspecified atom stereocenters. The van der Waals surface area contributed by atoms with E-state index in [-0.39, 0.29) is 17.5 Å². The molecule has 1 saturated heterocycles. The number of nitrogens with one attached hydrogen (secondary N) is 1. The maximum absolute atomic E-state index is 14.0. The summed E-state index contributed by atoms with van der Waals surface area (Å²) in [6.45, 7) is 1.88. The normalized spacial score (nSPS) is 21.3. The fourth-order valence-corrected chi connectivity index (χ4v) is 4.86. The van der Waals surface area contributed by atoms with Crippen molar-refractivity contribution in [3.05, 3.63) is 69.9 Å². The van der Waals surface area contributed by atoms with Crippen LogP contribution in [-0.4, -0.2) is 27.5 Å². The Morgan fingerprint density at radius 1 is 1.00 bits per heavy atom. The number of aromatic amines is 1. The maximum atomic E-state index is 14.0. The second-order valence-corrected chi connectivity index (χ2v) is 7.45. The molecule has 0 radical (unpaired) electrons. The first-order chi connectivity index (χ1) is 12.7. The number of hydrogen-bond acceptors (Lipinski definition) is 2. The first-order valence-electron chi connectivity index (χ1n) is 9.43. The van der Waals surface area contributed by atoms with Crippen LogP contribution in [0.25, 0.3) is 11.0 Å². The van der Waals surface area contributed by atoms with Crippen molar-refractivity contribution in [2.75, 3.05) is 13.1 Å². The predicted octanol–water partition coefficient (Wildman–Crippen LogP) is 3.79. The van der Waals surface area contributed by atoms with E-state index in [1.165, 1.54) is 0 Å². The van der Waals surface area contributed by atoms with E-state index in [0.717, 1.165) is 60.9 Å². The topological polar surface area (TPSA) is 41.0 Å². The van der Waals surface area contributed by atoms with Gasteiger partial charge in [0.2, 0.25) is 0 Å². The number of piperidine rings is 1. The largest absolute Gasteiger partial charge is 0.326 e. The van der Waals surface area contributed by atoms with Gasteiger partial charge in [0.1, 0.15) is 5.82 Å². The van der Waals surface area contributed by atoms with E-state index in [1.54, 1.807) is 6.07 Å². The predicted molar refractivity (Wildman–Crippen MR) is 99.9 cm³/mol. The van der Waals surface area contributed by atoms with Crippen molar-refractivity contribution in [2.45, 2.75) is 37.8 Å². The van der Waals surface area contributed by atoms with Crippen LogP contribution in [0.15, 0.2) is 47.3 Å². The van der Waals surface area contributed by atoms with E-state index in [4.69, 9.17) is 0 Å². The second kappa shape index (κ2) is 6.09. The molecule has 3 aromatic rings. The minimum atomic E-state index is -0.0646. The number of para-hydroxylation sites is 2. The van der Waals surface area contributed by atoms with Crippen LogP contribution in [0.4, 0.5) is 4.39 Å². The molecule has 0 saturated carbocycles. The summed E-state index contributed by atoms with van der Waals surface area (Å²) in [7, 11) is 0. The maximum Gasteiger partial charge on any atom is 0.326 e. The molecule has 1 aliphatic carbocycles. The number of nitrogens with zero attached hydrogens (tertiary/aromatic N) is 2. The molecule has 1 atom stereocenters. The fraction of sp³-hybridized carbons (Fsp3) is 0.381. The smallest absolute Gasteiger partial charge is 0.306 e. The van der Waals surface area contributed by atoms with Crippen molar-refractivity contribution in [3.63, 3.8) is 0 Å². The summed E-state index contributed by atoms with van der Waals surface area (Å²) in [5.41, 5.74) is 3.93. The van der Waals surface area contributed by atoms with E-state index < -0.39 is 0 Å².